The summed E-state index contributed by atoms with van der Waals surface area (Å²) in [5.74, 6) is -0.589. The largest absolute Gasteiger partial charge is 0.495 e. The summed E-state index contributed by atoms with van der Waals surface area (Å²) < 4.78 is 37.8. The highest BCUT2D eigenvalue weighted by Crippen LogP contribution is 2.35. The number of benzene rings is 2. The van der Waals surface area contributed by atoms with E-state index in [1.54, 1.807) is 6.92 Å². The lowest BCUT2D eigenvalue weighted by Gasteiger charge is -2.13. The van der Waals surface area contributed by atoms with Crippen LogP contribution in [0.2, 0.25) is 15.1 Å². The Hall–Kier alpha value is -2.30. The van der Waals surface area contributed by atoms with E-state index in [-0.39, 0.29) is 55.9 Å². The average molecular weight is 550 g/mol. The van der Waals surface area contributed by atoms with Crippen LogP contribution in [-0.2, 0) is 14.8 Å². The fraction of sp³-hybridized carbons (Fsp3) is 0.273. The van der Waals surface area contributed by atoms with Gasteiger partial charge in [-0.15, -0.1) is 0 Å². The van der Waals surface area contributed by atoms with Crippen LogP contribution in [0.4, 0.5) is 0 Å². The van der Waals surface area contributed by atoms with Gasteiger partial charge < -0.3 is 14.8 Å². The van der Waals surface area contributed by atoms with E-state index in [1.807, 2.05) is 0 Å². The Morgan fingerprint density at radius 2 is 1.71 bits per heavy atom. The van der Waals surface area contributed by atoms with Crippen molar-refractivity contribution < 1.29 is 27.5 Å². The van der Waals surface area contributed by atoms with E-state index >= 15 is 0 Å². The molecule has 2 rings (SSSR count). The summed E-state index contributed by atoms with van der Waals surface area (Å²) >= 11 is 18.2. The van der Waals surface area contributed by atoms with Gasteiger partial charge in [0.2, 0.25) is 10.0 Å². The molecule has 0 atom stereocenters. The van der Waals surface area contributed by atoms with Gasteiger partial charge in [-0.1, -0.05) is 48.3 Å². The predicted molar refractivity (Wildman–Crippen MR) is 132 cm³/mol. The molecule has 0 saturated heterocycles. The molecule has 0 aliphatic heterocycles. The monoisotopic (exact) mass is 548 g/mol. The number of Topliss-reactive ketones (excluding diaryl/α,β-unsaturated/α-hetero) is 1. The zero-order valence-corrected chi connectivity index (χ0v) is 21.5. The molecule has 0 heterocycles. The number of carbonyl (C=O) groups excluding carboxylic acids is 2. The Bertz CT molecular complexity index is 1200. The summed E-state index contributed by atoms with van der Waals surface area (Å²) in [7, 11) is -2.57. The average Bonchev–Trinajstić information content (AvgIpc) is 2.81. The van der Waals surface area contributed by atoms with Crippen LogP contribution in [0.5, 0.6) is 11.5 Å². The number of hydrogen-bond donors (Lipinski definition) is 2. The molecule has 0 spiro atoms. The molecular formula is C22H23Cl3N2O6S. The number of ketones is 1. The van der Waals surface area contributed by atoms with Gasteiger partial charge in [-0.25, -0.2) is 13.1 Å². The highest BCUT2D eigenvalue weighted by atomic mass is 35.5. The number of hydrogen-bond acceptors (Lipinski definition) is 6. The van der Waals surface area contributed by atoms with Crippen LogP contribution >= 0.6 is 34.8 Å². The zero-order chi connectivity index (χ0) is 25.5. The van der Waals surface area contributed by atoms with Gasteiger partial charge in [0.1, 0.15) is 21.4 Å². The van der Waals surface area contributed by atoms with Crippen LogP contribution in [0.25, 0.3) is 0 Å². The third kappa shape index (κ3) is 7.10. The lowest BCUT2D eigenvalue weighted by Crippen LogP contribution is -2.36. The van der Waals surface area contributed by atoms with Crippen molar-refractivity contribution in [1.29, 1.82) is 0 Å². The summed E-state index contributed by atoms with van der Waals surface area (Å²) in [5, 5.41) is 2.75. The van der Waals surface area contributed by atoms with E-state index in [0.29, 0.717) is 12.0 Å². The third-order valence-corrected chi connectivity index (χ3v) is 7.13. The van der Waals surface area contributed by atoms with Gasteiger partial charge in [-0.3, -0.25) is 9.59 Å². The fourth-order valence-electron chi connectivity index (χ4n) is 2.69. The number of rotatable bonds is 12. The van der Waals surface area contributed by atoms with Gasteiger partial charge in [0.15, 0.2) is 12.4 Å². The Morgan fingerprint density at radius 3 is 2.35 bits per heavy atom. The van der Waals surface area contributed by atoms with E-state index in [1.165, 1.54) is 37.4 Å². The predicted octanol–water partition coefficient (Wildman–Crippen LogP) is 4.28. The SMILES string of the molecule is C=C(CC)C(=O)c1ccc(OCC(=O)NCCNS(=O)(=O)c2cc(Cl)ccc2OC)c(Cl)c1Cl. The second kappa shape index (κ2) is 12.4. The molecule has 0 aliphatic rings. The van der Waals surface area contributed by atoms with Crippen molar-refractivity contribution in [2.45, 2.75) is 18.2 Å². The minimum Gasteiger partial charge on any atom is -0.495 e. The smallest absolute Gasteiger partial charge is 0.257 e. The zero-order valence-electron chi connectivity index (χ0n) is 18.4. The quantitative estimate of drug-likeness (QED) is 0.232. The second-order valence-electron chi connectivity index (χ2n) is 6.86. The summed E-state index contributed by atoms with van der Waals surface area (Å²) in [4.78, 5) is 24.2. The normalized spacial score (nSPS) is 11.1. The van der Waals surface area contributed by atoms with Crippen LogP contribution in [0.15, 0.2) is 47.4 Å². The standard InChI is InChI=1S/C22H23Cl3N2O6S/c1-4-13(2)22(29)15-6-8-17(21(25)20(15)24)33-12-19(28)26-9-10-27-34(30,31)18-11-14(23)5-7-16(18)32-3/h5-8,11,27H,2,4,9-10,12H2,1,3H3,(H,26,28). The number of allylic oxidation sites excluding steroid dienone is 1. The molecule has 0 aliphatic carbocycles. The Kier molecular flexibility index (Phi) is 10.2. The topological polar surface area (TPSA) is 111 Å². The maximum absolute atomic E-state index is 12.5. The van der Waals surface area contributed by atoms with Crippen LogP contribution in [0.1, 0.15) is 23.7 Å². The molecule has 184 valence electrons. The molecular weight excluding hydrogens is 527 g/mol. The molecule has 8 nitrogen and oxygen atoms in total. The number of amides is 1. The molecule has 0 aromatic heterocycles. The Labute approximate surface area is 213 Å². The van der Waals surface area contributed by atoms with Gasteiger partial charge in [0, 0.05) is 23.7 Å². The van der Waals surface area contributed by atoms with Gasteiger partial charge >= 0.3 is 0 Å². The first-order chi connectivity index (χ1) is 16.0. The molecule has 0 unspecified atom stereocenters. The Morgan fingerprint density at radius 1 is 1.03 bits per heavy atom. The van der Waals surface area contributed by atoms with Crippen molar-refractivity contribution in [3.8, 4) is 11.5 Å². The summed E-state index contributed by atoms with van der Waals surface area (Å²) in [6.45, 7) is 4.99. The number of sulfonamides is 1. The van der Waals surface area contributed by atoms with Crippen LogP contribution in [0.3, 0.4) is 0 Å². The first kappa shape index (κ1) is 27.9. The van der Waals surface area contributed by atoms with Crippen molar-refractivity contribution in [2.75, 3.05) is 26.8 Å². The van der Waals surface area contributed by atoms with E-state index in [2.05, 4.69) is 16.6 Å². The maximum atomic E-state index is 12.5. The number of carbonyl (C=O) groups is 2. The van der Waals surface area contributed by atoms with Crippen molar-refractivity contribution in [2.24, 2.45) is 0 Å². The first-order valence-corrected chi connectivity index (χ1v) is 12.6. The Balaban J connectivity index is 1.89. The molecule has 0 fully saturated rings. The van der Waals surface area contributed by atoms with E-state index in [4.69, 9.17) is 44.3 Å². The van der Waals surface area contributed by atoms with E-state index in [0.717, 1.165) is 0 Å². The van der Waals surface area contributed by atoms with Crippen LogP contribution in [0, 0.1) is 0 Å². The molecule has 12 heteroatoms. The summed E-state index contributed by atoms with van der Waals surface area (Å²) in [5.41, 5.74) is 0.578. The lowest BCUT2D eigenvalue weighted by molar-refractivity contribution is -0.123. The lowest BCUT2D eigenvalue weighted by atomic mass is 10.0. The number of methoxy groups -OCH3 is 1. The van der Waals surface area contributed by atoms with E-state index in [9.17, 15) is 18.0 Å². The van der Waals surface area contributed by atoms with Crippen molar-refractivity contribution in [1.82, 2.24) is 10.0 Å². The molecule has 1 amide bonds. The minimum atomic E-state index is -3.92. The van der Waals surface area contributed by atoms with Gasteiger partial charge in [0.05, 0.1) is 12.1 Å². The van der Waals surface area contributed by atoms with Gasteiger partial charge in [0.25, 0.3) is 5.91 Å². The van der Waals surface area contributed by atoms with Gasteiger partial charge in [-0.05, 0) is 42.3 Å². The van der Waals surface area contributed by atoms with Crippen LogP contribution in [-0.4, -0.2) is 46.9 Å². The highest BCUT2D eigenvalue weighted by Gasteiger charge is 2.20. The molecule has 2 N–H and O–H groups in total. The second-order valence-corrected chi connectivity index (χ2v) is 9.78. The molecule has 2 aromatic carbocycles. The molecule has 2 aromatic rings. The fourth-order valence-corrected chi connectivity index (χ4v) is 4.61. The van der Waals surface area contributed by atoms with Gasteiger partial charge in [-0.2, -0.15) is 0 Å². The van der Waals surface area contributed by atoms with E-state index < -0.39 is 22.5 Å². The van der Waals surface area contributed by atoms with Crippen molar-refractivity contribution >= 4 is 56.5 Å². The molecule has 0 bridgehead atoms. The van der Waals surface area contributed by atoms with Crippen molar-refractivity contribution in [3.05, 3.63) is 63.1 Å². The highest BCUT2D eigenvalue weighted by molar-refractivity contribution is 7.89. The molecule has 34 heavy (non-hydrogen) atoms. The number of halogens is 3. The number of nitrogens with one attached hydrogen (secondary N) is 2. The number of ether oxygens (including phenoxy) is 2. The summed E-state index contributed by atoms with van der Waals surface area (Å²) in [6, 6.07) is 7.09. The molecule has 0 radical (unpaired) electrons. The molecule has 0 saturated carbocycles. The van der Waals surface area contributed by atoms with Crippen LogP contribution < -0.4 is 19.5 Å². The maximum Gasteiger partial charge on any atom is 0.257 e. The summed E-state index contributed by atoms with van der Waals surface area (Å²) in [6.07, 6.45) is 0.466. The third-order valence-electron chi connectivity index (χ3n) is 4.55. The minimum absolute atomic E-state index is 0.00465. The van der Waals surface area contributed by atoms with Crippen molar-refractivity contribution in [3.63, 3.8) is 0 Å². The first-order valence-electron chi connectivity index (χ1n) is 9.95.